The summed E-state index contributed by atoms with van der Waals surface area (Å²) in [5, 5.41) is 3.20. The Morgan fingerprint density at radius 3 is 2.19 bits per heavy atom. The van der Waals surface area contributed by atoms with E-state index in [1.165, 1.54) is 6.26 Å². The van der Waals surface area contributed by atoms with Crippen molar-refractivity contribution in [3.63, 3.8) is 0 Å². The van der Waals surface area contributed by atoms with Crippen LogP contribution in [-0.4, -0.2) is 57.0 Å². The summed E-state index contributed by atoms with van der Waals surface area (Å²) in [5.74, 6) is 0. The van der Waals surface area contributed by atoms with Gasteiger partial charge in [-0.25, -0.2) is 8.42 Å². The normalized spacial score (nSPS) is 13.8. The molecule has 0 atom stereocenters. The van der Waals surface area contributed by atoms with Gasteiger partial charge in [0.15, 0.2) is 9.84 Å². The molecule has 16 heavy (non-hydrogen) atoms. The van der Waals surface area contributed by atoms with Crippen molar-refractivity contribution in [1.29, 1.82) is 0 Å². The smallest absolute Gasteiger partial charge is 0.153 e. The van der Waals surface area contributed by atoms with Gasteiger partial charge in [0, 0.05) is 31.9 Å². The molecule has 0 saturated heterocycles. The molecule has 0 saturated carbocycles. The van der Waals surface area contributed by atoms with E-state index in [0.29, 0.717) is 12.6 Å². The molecule has 0 bridgehead atoms. The van der Waals surface area contributed by atoms with Crippen molar-refractivity contribution >= 4 is 9.84 Å². The van der Waals surface area contributed by atoms with Gasteiger partial charge in [-0.05, 0) is 34.7 Å². The lowest BCUT2D eigenvalue weighted by Gasteiger charge is -2.25. The van der Waals surface area contributed by atoms with E-state index in [1.807, 2.05) is 0 Å². The predicted octanol–water partition coefficient (Wildman–Crippen LogP) is 0.739. The first-order chi connectivity index (χ1) is 7.08. The Hall–Kier alpha value is -0.130. The Bertz CT molecular complexity index is 297. The van der Waals surface area contributed by atoms with E-state index >= 15 is 0 Å². The SMILES string of the molecule is CC(C)N(C)CCNCC(C)(C)S(C)(=O)=O. The predicted molar refractivity (Wildman–Crippen MR) is 69.6 cm³/mol. The zero-order valence-electron chi connectivity index (χ0n) is 11.4. The van der Waals surface area contributed by atoms with E-state index in [4.69, 9.17) is 0 Å². The van der Waals surface area contributed by atoms with E-state index < -0.39 is 14.6 Å². The molecule has 98 valence electrons. The van der Waals surface area contributed by atoms with E-state index in [-0.39, 0.29) is 0 Å². The van der Waals surface area contributed by atoms with E-state index in [0.717, 1.165) is 13.1 Å². The van der Waals surface area contributed by atoms with Crippen LogP contribution in [0.25, 0.3) is 0 Å². The third-order valence-corrected chi connectivity index (χ3v) is 5.23. The first-order valence-corrected chi connectivity index (χ1v) is 7.57. The topological polar surface area (TPSA) is 49.4 Å². The largest absolute Gasteiger partial charge is 0.314 e. The molecule has 0 amide bonds. The number of hydrogen-bond acceptors (Lipinski definition) is 4. The molecule has 0 aliphatic carbocycles. The van der Waals surface area contributed by atoms with Gasteiger partial charge in [-0.15, -0.1) is 0 Å². The Kier molecular flexibility index (Phi) is 5.93. The van der Waals surface area contributed by atoms with E-state index in [2.05, 4.69) is 31.1 Å². The van der Waals surface area contributed by atoms with Crippen LogP contribution in [0.2, 0.25) is 0 Å². The van der Waals surface area contributed by atoms with E-state index in [9.17, 15) is 8.42 Å². The van der Waals surface area contributed by atoms with Crippen molar-refractivity contribution in [2.75, 3.05) is 32.9 Å². The fourth-order valence-corrected chi connectivity index (χ4v) is 1.40. The average Bonchev–Trinajstić information content (AvgIpc) is 2.09. The van der Waals surface area contributed by atoms with Crippen LogP contribution in [0.4, 0.5) is 0 Å². The molecule has 0 aliphatic heterocycles. The summed E-state index contributed by atoms with van der Waals surface area (Å²) in [4.78, 5) is 2.22. The van der Waals surface area contributed by atoms with Crippen molar-refractivity contribution in [2.24, 2.45) is 0 Å². The maximum absolute atomic E-state index is 11.4. The Balaban J connectivity index is 3.92. The Labute approximate surface area is 100 Å². The van der Waals surface area contributed by atoms with Crippen LogP contribution >= 0.6 is 0 Å². The summed E-state index contributed by atoms with van der Waals surface area (Å²) in [6.45, 7) is 10.0. The van der Waals surface area contributed by atoms with Crippen LogP contribution in [0.5, 0.6) is 0 Å². The summed E-state index contributed by atoms with van der Waals surface area (Å²) in [6, 6.07) is 0.518. The zero-order valence-corrected chi connectivity index (χ0v) is 12.2. The average molecular weight is 250 g/mol. The summed E-state index contributed by atoms with van der Waals surface area (Å²) in [6.07, 6.45) is 1.29. The fraction of sp³-hybridized carbons (Fsp3) is 1.00. The van der Waals surface area contributed by atoms with Gasteiger partial charge in [0.25, 0.3) is 0 Å². The highest BCUT2D eigenvalue weighted by Gasteiger charge is 2.29. The molecule has 0 aromatic carbocycles. The molecule has 0 spiro atoms. The molecule has 0 unspecified atom stereocenters. The van der Waals surface area contributed by atoms with Crippen LogP contribution in [-0.2, 0) is 9.84 Å². The molecule has 0 aromatic heterocycles. The number of rotatable bonds is 7. The summed E-state index contributed by atoms with van der Waals surface area (Å²) < 4.78 is 22.2. The third-order valence-electron chi connectivity index (χ3n) is 3.08. The number of likely N-dealkylation sites (N-methyl/N-ethyl adjacent to an activating group) is 1. The second kappa shape index (κ2) is 5.98. The molecular weight excluding hydrogens is 224 g/mol. The molecule has 4 nitrogen and oxygen atoms in total. The molecular formula is C11H26N2O2S. The fourth-order valence-electron chi connectivity index (χ4n) is 1.03. The molecule has 0 fully saturated rings. The second-order valence-corrected chi connectivity index (χ2v) is 7.93. The highest BCUT2D eigenvalue weighted by molar-refractivity contribution is 7.92. The quantitative estimate of drug-likeness (QED) is 0.677. The van der Waals surface area contributed by atoms with Crippen LogP contribution in [0.1, 0.15) is 27.7 Å². The van der Waals surface area contributed by atoms with Crippen molar-refractivity contribution in [2.45, 2.75) is 38.5 Å². The molecule has 1 N–H and O–H groups in total. The van der Waals surface area contributed by atoms with E-state index in [1.54, 1.807) is 13.8 Å². The summed E-state index contributed by atoms with van der Waals surface area (Å²) >= 11 is 0. The lowest BCUT2D eigenvalue weighted by atomic mass is 10.2. The van der Waals surface area contributed by atoms with Crippen LogP contribution in [0.3, 0.4) is 0 Å². The molecule has 0 rings (SSSR count). The molecule has 0 aromatic rings. The van der Waals surface area contributed by atoms with Gasteiger partial charge in [0.2, 0.25) is 0 Å². The minimum absolute atomic E-state index is 0.498. The first-order valence-electron chi connectivity index (χ1n) is 5.68. The van der Waals surface area contributed by atoms with Crippen LogP contribution in [0, 0.1) is 0 Å². The summed E-state index contributed by atoms with van der Waals surface area (Å²) in [7, 11) is -0.932. The highest BCUT2D eigenvalue weighted by atomic mass is 32.2. The number of sulfone groups is 1. The minimum atomic E-state index is -3.00. The third kappa shape index (κ3) is 5.27. The lowest BCUT2D eigenvalue weighted by Crippen LogP contribution is -2.44. The number of nitrogens with zero attached hydrogens (tertiary/aromatic N) is 1. The number of hydrogen-bond donors (Lipinski definition) is 1. The number of nitrogens with one attached hydrogen (secondary N) is 1. The van der Waals surface area contributed by atoms with Crippen molar-refractivity contribution in [1.82, 2.24) is 10.2 Å². The molecule has 0 aliphatic rings. The zero-order chi connectivity index (χ0) is 13.0. The molecule has 0 heterocycles. The maximum Gasteiger partial charge on any atom is 0.153 e. The second-order valence-electron chi connectivity index (χ2n) is 5.28. The standard InChI is InChI=1S/C11H26N2O2S/c1-10(2)13(5)8-7-12-9-11(3,4)16(6,14)15/h10,12H,7-9H2,1-6H3. The van der Waals surface area contributed by atoms with Gasteiger partial charge in [-0.3, -0.25) is 0 Å². The Morgan fingerprint density at radius 2 is 1.81 bits per heavy atom. The van der Waals surface area contributed by atoms with Gasteiger partial charge in [-0.1, -0.05) is 0 Å². The minimum Gasteiger partial charge on any atom is -0.314 e. The van der Waals surface area contributed by atoms with Crippen molar-refractivity contribution < 1.29 is 8.42 Å². The van der Waals surface area contributed by atoms with Gasteiger partial charge >= 0.3 is 0 Å². The molecule has 0 radical (unpaired) electrons. The first kappa shape index (κ1) is 15.9. The van der Waals surface area contributed by atoms with Gasteiger partial charge in [0.05, 0.1) is 4.75 Å². The lowest BCUT2D eigenvalue weighted by molar-refractivity contribution is 0.272. The van der Waals surface area contributed by atoms with Crippen molar-refractivity contribution in [3.05, 3.63) is 0 Å². The van der Waals surface area contributed by atoms with Gasteiger partial charge < -0.3 is 10.2 Å². The summed E-state index contributed by atoms with van der Waals surface area (Å²) in [5.41, 5.74) is 0. The maximum atomic E-state index is 11.4. The highest BCUT2D eigenvalue weighted by Crippen LogP contribution is 2.13. The van der Waals surface area contributed by atoms with Crippen LogP contribution in [0.15, 0.2) is 0 Å². The van der Waals surface area contributed by atoms with Crippen molar-refractivity contribution in [3.8, 4) is 0 Å². The van der Waals surface area contributed by atoms with Gasteiger partial charge in [0.1, 0.15) is 0 Å². The van der Waals surface area contributed by atoms with Gasteiger partial charge in [-0.2, -0.15) is 0 Å². The molecule has 5 heteroatoms. The Morgan fingerprint density at radius 1 is 1.31 bits per heavy atom. The van der Waals surface area contributed by atoms with Crippen LogP contribution < -0.4 is 5.32 Å². The monoisotopic (exact) mass is 250 g/mol.